The molecule has 0 aliphatic rings. The Bertz CT molecular complexity index is 535. The monoisotopic (exact) mass is 396 g/mol. The van der Waals surface area contributed by atoms with Crippen molar-refractivity contribution in [1.29, 1.82) is 0 Å². The molecule has 0 aliphatic heterocycles. The second-order valence-corrected chi connectivity index (χ2v) is 7.14. The molecule has 0 spiro atoms. The maximum atomic E-state index is 12.5. The Morgan fingerprint density at radius 1 is 1.39 bits per heavy atom. The molecule has 1 rings (SSSR count). The highest BCUT2D eigenvalue weighted by Crippen LogP contribution is 2.34. The second-order valence-electron chi connectivity index (χ2n) is 3.56. The van der Waals surface area contributed by atoms with Gasteiger partial charge in [-0.2, -0.15) is 4.31 Å². The fourth-order valence-electron chi connectivity index (χ4n) is 1.50. The lowest BCUT2D eigenvalue weighted by atomic mass is 10.3. The zero-order chi connectivity index (χ0) is 13.9. The van der Waals surface area contributed by atoms with Crippen LogP contribution in [0.2, 0.25) is 0 Å². The van der Waals surface area contributed by atoms with Gasteiger partial charge in [0.25, 0.3) is 0 Å². The molecule has 18 heavy (non-hydrogen) atoms. The molecule has 0 heterocycles. The summed E-state index contributed by atoms with van der Waals surface area (Å²) >= 11 is 6.48. The van der Waals surface area contributed by atoms with Gasteiger partial charge in [0.2, 0.25) is 10.0 Å². The molecule has 0 saturated heterocycles. The lowest BCUT2D eigenvalue weighted by Crippen LogP contribution is -2.31. The van der Waals surface area contributed by atoms with Crippen LogP contribution in [0.3, 0.4) is 0 Å². The van der Waals surface area contributed by atoms with Crippen molar-refractivity contribution >= 4 is 47.6 Å². The van der Waals surface area contributed by atoms with Crippen LogP contribution in [-0.4, -0.2) is 25.8 Å². The van der Waals surface area contributed by atoms with E-state index in [2.05, 4.69) is 38.4 Å². The Morgan fingerprint density at radius 2 is 1.89 bits per heavy atom. The molecule has 0 saturated carbocycles. The highest BCUT2D eigenvalue weighted by molar-refractivity contribution is 9.11. The van der Waals surface area contributed by atoms with E-state index in [1.807, 2.05) is 0 Å². The van der Waals surface area contributed by atoms with Crippen LogP contribution in [0.5, 0.6) is 0 Å². The number of nitrogens with zero attached hydrogens (tertiary/aromatic N) is 1. The number of rotatable bonds is 5. The van der Waals surface area contributed by atoms with Crippen molar-refractivity contribution in [3.8, 4) is 0 Å². The van der Waals surface area contributed by atoms with Crippen LogP contribution < -0.4 is 5.73 Å². The summed E-state index contributed by atoms with van der Waals surface area (Å²) in [6.45, 7) is 5.98. The third kappa shape index (κ3) is 3.14. The standard InChI is InChI=1S/C11H14Br2N2O2S/c1-3-5-15(4-2)18(16,17)11-9(12)6-8(14)7-10(11)13/h3,6-7H,1,4-5,14H2,2H3. The Balaban J connectivity index is 3.40. The fourth-order valence-corrected chi connectivity index (χ4v) is 5.46. The molecule has 1 aromatic carbocycles. The van der Waals surface area contributed by atoms with E-state index < -0.39 is 10.0 Å². The van der Waals surface area contributed by atoms with Crippen LogP contribution in [-0.2, 0) is 10.0 Å². The van der Waals surface area contributed by atoms with Crippen molar-refractivity contribution in [3.63, 3.8) is 0 Å². The van der Waals surface area contributed by atoms with Crippen LogP contribution in [0.15, 0.2) is 38.6 Å². The van der Waals surface area contributed by atoms with E-state index in [1.165, 1.54) is 4.31 Å². The first-order chi connectivity index (χ1) is 8.34. The van der Waals surface area contributed by atoms with Gasteiger partial charge in [0.15, 0.2) is 0 Å². The molecule has 0 atom stereocenters. The predicted molar refractivity (Wildman–Crippen MR) is 80.9 cm³/mol. The molecule has 0 radical (unpaired) electrons. The number of hydrogen-bond donors (Lipinski definition) is 1. The molecule has 0 unspecified atom stereocenters. The van der Waals surface area contributed by atoms with Gasteiger partial charge < -0.3 is 5.73 Å². The minimum absolute atomic E-state index is 0.181. The van der Waals surface area contributed by atoms with E-state index in [1.54, 1.807) is 25.1 Å². The van der Waals surface area contributed by atoms with Gasteiger partial charge in [-0.25, -0.2) is 8.42 Å². The van der Waals surface area contributed by atoms with Gasteiger partial charge in [-0.05, 0) is 44.0 Å². The molecule has 0 amide bonds. The van der Waals surface area contributed by atoms with Crippen LogP contribution in [0.4, 0.5) is 5.69 Å². The summed E-state index contributed by atoms with van der Waals surface area (Å²) in [6, 6.07) is 3.14. The van der Waals surface area contributed by atoms with Crippen molar-refractivity contribution in [2.24, 2.45) is 0 Å². The van der Waals surface area contributed by atoms with Crippen molar-refractivity contribution in [1.82, 2.24) is 4.31 Å². The van der Waals surface area contributed by atoms with Gasteiger partial charge in [-0.15, -0.1) is 6.58 Å². The number of hydrogen-bond acceptors (Lipinski definition) is 3. The number of anilines is 1. The van der Waals surface area contributed by atoms with Crippen LogP contribution in [0.1, 0.15) is 6.92 Å². The fraction of sp³-hybridized carbons (Fsp3) is 0.273. The minimum atomic E-state index is -3.58. The van der Waals surface area contributed by atoms with Gasteiger partial charge in [0.05, 0.1) is 0 Å². The average molecular weight is 398 g/mol. The van der Waals surface area contributed by atoms with Gasteiger partial charge in [-0.3, -0.25) is 0 Å². The van der Waals surface area contributed by atoms with E-state index >= 15 is 0 Å². The molecule has 100 valence electrons. The number of benzene rings is 1. The van der Waals surface area contributed by atoms with Crippen LogP contribution in [0.25, 0.3) is 0 Å². The van der Waals surface area contributed by atoms with E-state index in [9.17, 15) is 8.42 Å². The Morgan fingerprint density at radius 3 is 2.28 bits per heavy atom. The summed E-state index contributed by atoms with van der Waals surface area (Å²) in [5, 5.41) is 0. The lowest BCUT2D eigenvalue weighted by molar-refractivity contribution is 0.459. The van der Waals surface area contributed by atoms with Gasteiger partial charge in [0.1, 0.15) is 4.90 Å². The topological polar surface area (TPSA) is 63.4 Å². The summed E-state index contributed by atoms with van der Waals surface area (Å²) in [7, 11) is -3.58. The highest BCUT2D eigenvalue weighted by atomic mass is 79.9. The quantitative estimate of drug-likeness (QED) is 0.613. The zero-order valence-corrected chi connectivity index (χ0v) is 13.8. The van der Waals surface area contributed by atoms with Gasteiger partial charge in [-0.1, -0.05) is 13.0 Å². The summed E-state index contributed by atoms with van der Waals surface area (Å²) in [5.41, 5.74) is 6.14. The van der Waals surface area contributed by atoms with E-state index in [4.69, 9.17) is 5.73 Å². The maximum absolute atomic E-state index is 12.5. The van der Waals surface area contributed by atoms with Gasteiger partial charge >= 0.3 is 0 Å². The summed E-state index contributed by atoms with van der Waals surface area (Å²) in [4.78, 5) is 0.181. The maximum Gasteiger partial charge on any atom is 0.245 e. The molecule has 4 nitrogen and oxygen atoms in total. The average Bonchev–Trinajstić information content (AvgIpc) is 2.23. The van der Waals surface area contributed by atoms with Crippen molar-refractivity contribution in [2.45, 2.75) is 11.8 Å². The molecule has 0 fully saturated rings. The van der Waals surface area contributed by atoms with Crippen LogP contribution >= 0.6 is 31.9 Å². The summed E-state index contributed by atoms with van der Waals surface area (Å²) in [6.07, 6.45) is 1.56. The molecule has 1 aromatic rings. The number of sulfonamides is 1. The largest absolute Gasteiger partial charge is 0.399 e. The summed E-state index contributed by atoms with van der Waals surface area (Å²) in [5.74, 6) is 0. The molecule has 2 N–H and O–H groups in total. The Labute approximate surface area is 124 Å². The molecular formula is C11H14Br2N2O2S. The molecule has 0 bridgehead atoms. The predicted octanol–water partition coefficient (Wildman–Crippen LogP) is 2.99. The number of nitrogen functional groups attached to an aromatic ring is 1. The third-order valence-electron chi connectivity index (χ3n) is 2.30. The SMILES string of the molecule is C=CCN(CC)S(=O)(=O)c1c(Br)cc(N)cc1Br. The smallest absolute Gasteiger partial charge is 0.245 e. The number of halogens is 2. The molecule has 0 aromatic heterocycles. The highest BCUT2D eigenvalue weighted by Gasteiger charge is 2.27. The van der Waals surface area contributed by atoms with E-state index in [-0.39, 0.29) is 11.4 Å². The van der Waals surface area contributed by atoms with Crippen molar-refractivity contribution in [3.05, 3.63) is 33.7 Å². The third-order valence-corrected chi connectivity index (χ3v) is 6.12. The molecule has 7 heteroatoms. The minimum Gasteiger partial charge on any atom is -0.399 e. The van der Waals surface area contributed by atoms with Crippen molar-refractivity contribution in [2.75, 3.05) is 18.8 Å². The first kappa shape index (κ1) is 15.7. The number of likely N-dealkylation sites (N-methyl/N-ethyl adjacent to an activating group) is 1. The molecule has 0 aliphatic carbocycles. The van der Waals surface area contributed by atoms with Crippen LogP contribution in [0, 0.1) is 0 Å². The summed E-state index contributed by atoms with van der Waals surface area (Å²) < 4.78 is 27.2. The van der Waals surface area contributed by atoms with E-state index in [0.29, 0.717) is 21.2 Å². The lowest BCUT2D eigenvalue weighted by Gasteiger charge is -2.20. The number of nitrogens with two attached hydrogens (primary N) is 1. The Hall–Kier alpha value is -0.370. The zero-order valence-electron chi connectivity index (χ0n) is 9.86. The normalized spacial score (nSPS) is 11.8. The first-order valence-electron chi connectivity index (χ1n) is 5.20. The molecular weight excluding hydrogens is 384 g/mol. The van der Waals surface area contributed by atoms with Crippen molar-refractivity contribution < 1.29 is 8.42 Å². The van der Waals surface area contributed by atoms with E-state index in [0.717, 1.165) is 0 Å². The Kier molecular flexibility index (Phi) is 5.39. The second kappa shape index (κ2) is 6.18. The first-order valence-corrected chi connectivity index (χ1v) is 8.22. The van der Waals surface area contributed by atoms with Gasteiger partial charge in [0, 0.05) is 27.7 Å².